The van der Waals surface area contributed by atoms with Crippen LogP contribution in [0.3, 0.4) is 0 Å². The first-order valence-corrected chi connectivity index (χ1v) is 18.8. The summed E-state index contributed by atoms with van der Waals surface area (Å²) in [6.45, 7) is 0. The van der Waals surface area contributed by atoms with E-state index in [1.54, 1.807) is 0 Å². The normalized spacial score (nSPS) is 11.8. The highest BCUT2D eigenvalue weighted by Gasteiger charge is 2.19. The molecule has 3 heteroatoms. The fourth-order valence-electron chi connectivity index (χ4n) is 8.23. The molecule has 0 spiro atoms. The number of rotatable bonds is 5. The average Bonchev–Trinajstić information content (AvgIpc) is 3.81. The molecule has 0 unspecified atom stereocenters. The molecule has 2 aromatic heterocycles. The molecule has 53 heavy (non-hydrogen) atoms. The minimum absolute atomic E-state index is 0.920. The average molecular weight is 694 g/mol. The highest BCUT2D eigenvalue weighted by Crippen LogP contribution is 2.46. The van der Waals surface area contributed by atoms with Gasteiger partial charge in [-0.3, -0.25) is 0 Å². The van der Waals surface area contributed by atoms with Crippen molar-refractivity contribution in [2.75, 3.05) is 4.90 Å². The summed E-state index contributed by atoms with van der Waals surface area (Å²) in [7, 11) is 0. The van der Waals surface area contributed by atoms with Crippen molar-refractivity contribution < 1.29 is 4.42 Å². The third kappa shape index (κ3) is 4.78. The summed E-state index contributed by atoms with van der Waals surface area (Å²) in [5, 5.41) is 9.84. The van der Waals surface area contributed by atoms with Crippen molar-refractivity contribution >= 4 is 92.1 Å². The van der Waals surface area contributed by atoms with E-state index in [4.69, 9.17) is 4.42 Å². The Morgan fingerprint density at radius 3 is 1.75 bits per heavy atom. The zero-order valence-electron chi connectivity index (χ0n) is 28.7. The molecule has 0 aliphatic carbocycles. The molecule has 0 radical (unpaired) electrons. The van der Waals surface area contributed by atoms with Crippen molar-refractivity contribution in [1.82, 2.24) is 0 Å². The molecule has 0 saturated carbocycles. The first-order chi connectivity index (χ1) is 26.3. The van der Waals surface area contributed by atoms with Crippen molar-refractivity contribution in [3.63, 3.8) is 0 Å². The lowest BCUT2D eigenvalue weighted by Crippen LogP contribution is -2.10. The van der Waals surface area contributed by atoms with E-state index in [-0.39, 0.29) is 0 Å². The zero-order chi connectivity index (χ0) is 34.9. The number of hydrogen-bond donors (Lipinski definition) is 0. The van der Waals surface area contributed by atoms with Crippen LogP contribution in [0.5, 0.6) is 0 Å². The summed E-state index contributed by atoms with van der Waals surface area (Å²) in [5.74, 6) is 0. The number of thiophene rings is 1. The van der Waals surface area contributed by atoms with E-state index in [0.717, 1.165) is 27.9 Å². The largest absolute Gasteiger partial charge is 0.456 e. The summed E-state index contributed by atoms with van der Waals surface area (Å²) in [6.07, 6.45) is 0. The molecule has 0 fully saturated rings. The molecule has 11 rings (SSSR count). The minimum atomic E-state index is 0.920. The van der Waals surface area contributed by atoms with Gasteiger partial charge in [0.15, 0.2) is 0 Å². The second kappa shape index (κ2) is 11.9. The summed E-state index contributed by atoms with van der Waals surface area (Å²) >= 11 is 1.86. The maximum Gasteiger partial charge on any atom is 0.136 e. The Labute approximate surface area is 310 Å². The lowest BCUT2D eigenvalue weighted by molar-refractivity contribution is 0.669. The summed E-state index contributed by atoms with van der Waals surface area (Å²) in [4.78, 5) is 2.42. The van der Waals surface area contributed by atoms with Gasteiger partial charge in [0.25, 0.3) is 0 Å². The van der Waals surface area contributed by atoms with Gasteiger partial charge in [0, 0.05) is 37.6 Å². The third-order valence-corrected chi connectivity index (χ3v) is 11.9. The Hall–Kier alpha value is -6.68. The monoisotopic (exact) mass is 693 g/mol. The van der Waals surface area contributed by atoms with Crippen LogP contribution in [0, 0.1) is 0 Å². The molecule has 0 amide bonds. The van der Waals surface area contributed by atoms with Crippen LogP contribution in [0.1, 0.15) is 0 Å². The van der Waals surface area contributed by atoms with E-state index < -0.39 is 0 Å². The Morgan fingerprint density at radius 2 is 0.962 bits per heavy atom. The van der Waals surface area contributed by atoms with Gasteiger partial charge in [-0.25, -0.2) is 0 Å². The number of nitrogens with zero attached hydrogens (tertiary/aromatic N) is 1. The molecule has 0 atom stereocenters. The van der Waals surface area contributed by atoms with Gasteiger partial charge in [-0.15, -0.1) is 11.3 Å². The highest BCUT2D eigenvalue weighted by molar-refractivity contribution is 7.26. The molecule has 0 aliphatic rings. The fraction of sp³-hybridized carbons (Fsp3) is 0. The van der Waals surface area contributed by atoms with Crippen LogP contribution in [0.2, 0.25) is 0 Å². The minimum Gasteiger partial charge on any atom is -0.456 e. The van der Waals surface area contributed by atoms with Gasteiger partial charge < -0.3 is 9.32 Å². The van der Waals surface area contributed by atoms with Crippen molar-refractivity contribution in [1.29, 1.82) is 0 Å². The standard InChI is InChI=1S/C50H31NOS/c1-2-12-37-32(10-1)11-7-15-38(37)33-22-26-35(27-23-33)51(45-19-9-18-43-41-13-4-6-21-48(41)53-50(43)45)36-28-24-34(25-29-36)39-16-8-17-42-40(39)30-31-47-49(42)44-14-3-5-20-46(44)52-47/h1-31H. The SMILES string of the molecule is c1ccc2c(-c3ccc(N(c4ccc(-c5cccc6c5ccc5oc7ccccc7c56)cc4)c4cccc5c4sc4ccccc45)cc3)cccc2c1. The Bertz CT molecular complexity index is 3160. The lowest BCUT2D eigenvalue weighted by Gasteiger charge is -2.26. The van der Waals surface area contributed by atoms with E-state index in [9.17, 15) is 0 Å². The van der Waals surface area contributed by atoms with E-state index >= 15 is 0 Å². The van der Waals surface area contributed by atoms with Gasteiger partial charge in [0.05, 0.1) is 10.4 Å². The van der Waals surface area contributed by atoms with Gasteiger partial charge in [0.2, 0.25) is 0 Å². The van der Waals surface area contributed by atoms with Crippen LogP contribution in [0.25, 0.3) is 85.9 Å². The Kier molecular flexibility index (Phi) is 6.76. The van der Waals surface area contributed by atoms with Crippen LogP contribution in [0.4, 0.5) is 17.1 Å². The molecule has 11 aromatic rings. The molecule has 0 N–H and O–H groups in total. The predicted octanol–water partition coefficient (Wildman–Crippen LogP) is 15.1. The number of benzene rings is 9. The summed E-state index contributed by atoms with van der Waals surface area (Å²) in [5.41, 5.74) is 10.1. The molecule has 0 aliphatic heterocycles. The van der Waals surface area contributed by atoms with E-state index in [0.29, 0.717) is 0 Å². The van der Waals surface area contributed by atoms with Gasteiger partial charge >= 0.3 is 0 Å². The first kappa shape index (κ1) is 30.0. The second-order valence-corrected chi connectivity index (χ2v) is 14.7. The summed E-state index contributed by atoms with van der Waals surface area (Å²) < 4.78 is 8.81. The Balaban J connectivity index is 1.06. The highest BCUT2D eigenvalue weighted by atomic mass is 32.1. The van der Waals surface area contributed by atoms with Crippen LogP contribution in [-0.2, 0) is 0 Å². The van der Waals surface area contributed by atoms with Gasteiger partial charge in [-0.2, -0.15) is 0 Å². The molecule has 2 nitrogen and oxygen atoms in total. The van der Waals surface area contributed by atoms with Crippen molar-refractivity contribution in [2.24, 2.45) is 0 Å². The maximum atomic E-state index is 6.23. The van der Waals surface area contributed by atoms with Gasteiger partial charge in [-0.1, -0.05) is 140 Å². The molecule has 9 aromatic carbocycles. The van der Waals surface area contributed by atoms with Crippen molar-refractivity contribution in [2.45, 2.75) is 0 Å². The van der Waals surface area contributed by atoms with Gasteiger partial charge in [0.1, 0.15) is 11.2 Å². The molecule has 2 heterocycles. The molecule has 248 valence electrons. The number of para-hydroxylation sites is 1. The predicted molar refractivity (Wildman–Crippen MR) is 227 cm³/mol. The topological polar surface area (TPSA) is 16.4 Å². The van der Waals surface area contributed by atoms with Crippen molar-refractivity contribution in [3.8, 4) is 22.3 Å². The van der Waals surface area contributed by atoms with Crippen LogP contribution < -0.4 is 4.90 Å². The molecule has 0 bridgehead atoms. The maximum absolute atomic E-state index is 6.23. The van der Waals surface area contributed by atoms with Gasteiger partial charge in [-0.05, 0) is 92.3 Å². The quantitative estimate of drug-likeness (QED) is 0.178. The number of hydrogen-bond acceptors (Lipinski definition) is 3. The fourth-order valence-corrected chi connectivity index (χ4v) is 9.43. The third-order valence-electron chi connectivity index (χ3n) is 10.7. The van der Waals surface area contributed by atoms with E-state index in [2.05, 4.69) is 181 Å². The summed E-state index contributed by atoms with van der Waals surface area (Å²) in [6, 6.07) is 68.0. The lowest BCUT2D eigenvalue weighted by atomic mass is 9.95. The number of anilines is 3. The van der Waals surface area contributed by atoms with E-state index in [1.165, 1.54) is 75.0 Å². The number of furan rings is 1. The smallest absolute Gasteiger partial charge is 0.136 e. The number of fused-ring (bicyclic) bond motifs is 9. The van der Waals surface area contributed by atoms with Crippen LogP contribution >= 0.6 is 11.3 Å². The Morgan fingerprint density at radius 1 is 0.377 bits per heavy atom. The van der Waals surface area contributed by atoms with Crippen molar-refractivity contribution in [3.05, 3.63) is 188 Å². The van der Waals surface area contributed by atoms with Crippen LogP contribution in [0.15, 0.2) is 192 Å². The zero-order valence-corrected chi connectivity index (χ0v) is 29.5. The van der Waals surface area contributed by atoms with Crippen LogP contribution in [-0.4, -0.2) is 0 Å². The molecular weight excluding hydrogens is 663 g/mol. The first-order valence-electron chi connectivity index (χ1n) is 18.0. The second-order valence-electron chi connectivity index (χ2n) is 13.6. The van der Waals surface area contributed by atoms with E-state index in [1.807, 2.05) is 23.5 Å². The molecular formula is C50H31NOS. The molecule has 0 saturated heterocycles.